The fraction of sp³-hybridized carbons (Fsp3) is 0.909. The van der Waals surface area contributed by atoms with Crippen molar-refractivity contribution in [3.8, 4) is 0 Å². The number of aliphatic hydroxyl groups excluding tert-OH is 1. The van der Waals surface area contributed by atoms with E-state index in [-0.39, 0.29) is 12.6 Å². The Labute approximate surface area is 104 Å². The van der Waals surface area contributed by atoms with Gasteiger partial charge in [0, 0.05) is 6.54 Å². The van der Waals surface area contributed by atoms with Crippen LogP contribution >= 0.6 is 0 Å². The smallest absolute Gasteiger partial charge is 0.394 e. The van der Waals surface area contributed by atoms with Crippen LogP contribution in [-0.4, -0.2) is 54.5 Å². The predicted octanol–water partition coefficient (Wildman–Crippen LogP) is 1.33. The monoisotopic (exact) mass is 269 g/mol. The van der Waals surface area contributed by atoms with Crippen molar-refractivity contribution in [1.82, 2.24) is 4.90 Å². The van der Waals surface area contributed by atoms with E-state index in [0.717, 1.165) is 19.3 Å². The van der Waals surface area contributed by atoms with Gasteiger partial charge in [-0.15, -0.1) is 0 Å². The van der Waals surface area contributed by atoms with Crippen LogP contribution in [-0.2, 0) is 9.53 Å². The molecule has 1 rings (SSSR count). The Morgan fingerprint density at radius 3 is 2.67 bits per heavy atom. The average Bonchev–Trinajstić information content (AvgIpc) is 2.51. The Morgan fingerprint density at radius 2 is 2.06 bits per heavy atom. The first kappa shape index (κ1) is 15.2. The summed E-state index contributed by atoms with van der Waals surface area (Å²) in [6, 6.07) is -0.297. The van der Waals surface area contributed by atoms with E-state index in [0.29, 0.717) is 13.0 Å². The first-order valence-corrected chi connectivity index (χ1v) is 5.99. The maximum Gasteiger partial charge on any atom is 0.411 e. The number of halogens is 3. The second-order valence-electron chi connectivity index (χ2n) is 4.38. The van der Waals surface area contributed by atoms with E-state index in [2.05, 4.69) is 4.74 Å². The lowest BCUT2D eigenvalue weighted by Gasteiger charge is -2.28. The van der Waals surface area contributed by atoms with E-state index in [1.165, 1.54) is 4.90 Å². The first-order chi connectivity index (χ1) is 8.44. The van der Waals surface area contributed by atoms with Crippen molar-refractivity contribution in [3.05, 3.63) is 0 Å². The first-order valence-electron chi connectivity index (χ1n) is 5.99. The molecule has 4 nitrogen and oxygen atoms in total. The SMILES string of the molecule is O=C(COCC(F)(F)F)N1CCCCCC1CO. The summed E-state index contributed by atoms with van der Waals surface area (Å²) < 4.78 is 39.9. The van der Waals surface area contributed by atoms with Gasteiger partial charge in [-0.2, -0.15) is 13.2 Å². The van der Waals surface area contributed by atoms with E-state index in [9.17, 15) is 23.1 Å². The topological polar surface area (TPSA) is 49.8 Å². The number of alkyl halides is 3. The van der Waals surface area contributed by atoms with Crippen molar-refractivity contribution in [1.29, 1.82) is 0 Å². The van der Waals surface area contributed by atoms with Crippen LogP contribution in [0.1, 0.15) is 25.7 Å². The minimum Gasteiger partial charge on any atom is -0.394 e. The van der Waals surface area contributed by atoms with Crippen LogP contribution in [0.3, 0.4) is 0 Å². The normalized spacial score (nSPS) is 21.8. The summed E-state index contributed by atoms with van der Waals surface area (Å²) >= 11 is 0. The molecule has 0 bridgehead atoms. The summed E-state index contributed by atoms with van der Waals surface area (Å²) in [7, 11) is 0. The number of hydrogen-bond acceptors (Lipinski definition) is 3. The standard InChI is InChI=1S/C11H18F3NO3/c12-11(13,14)8-18-7-10(17)15-5-3-1-2-4-9(15)6-16/h9,16H,1-8H2. The summed E-state index contributed by atoms with van der Waals surface area (Å²) in [4.78, 5) is 13.2. The van der Waals surface area contributed by atoms with Crippen LogP contribution in [0, 0.1) is 0 Å². The molecule has 1 fully saturated rings. The molecular weight excluding hydrogens is 251 g/mol. The molecule has 1 aliphatic rings. The van der Waals surface area contributed by atoms with E-state index in [4.69, 9.17) is 0 Å². The van der Waals surface area contributed by atoms with E-state index in [1.807, 2.05) is 0 Å². The Morgan fingerprint density at radius 1 is 1.33 bits per heavy atom. The van der Waals surface area contributed by atoms with Crippen molar-refractivity contribution in [2.45, 2.75) is 37.9 Å². The molecule has 1 N–H and O–H groups in total. The third-order valence-electron chi connectivity index (χ3n) is 2.90. The van der Waals surface area contributed by atoms with Crippen molar-refractivity contribution >= 4 is 5.91 Å². The molecule has 1 heterocycles. The molecule has 0 aromatic heterocycles. The van der Waals surface area contributed by atoms with Gasteiger partial charge >= 0.3 is 6.18 Å². The minimum atomic E-state index is -4.42. The molecule has 7 heteroatoms. The Kier molecular flexibility index (Phi) is 5.87. The van der Waals surface area contributed by atoms with Gasteiger partial charge in [-0.05, 0) is 12.8 Å². The maximum absolute atomic E-state index is 11.9. The second-order valence-corrected chi connectivity index (χ2v) is 4.38. The van der Waals surface area contributed by atoms with Gasteiger partial charge in [0.2, 0.25) is 5.91 Å². The van der Waals surface area contributed by atoms with Crippen molar-refractivity contribution in [2.75, 3.05) is 26.4 Å². The van der Waals surface area contributed by atoms with Gasteiger partial charge in [0.25, 0.3) is 0 Å². The van der Waals surface area contributed by atoms with Gasteiger partial charge < -0.3 is 14.7 Å². The van der Waals surface area contributed by atoms with E-state index in [1.54, 1.807) is 0 Å². The van der Waals surface area contributed by atoms with Gasteiger partial charge in [0.05, 0.1) is 12.6 Å². The lowest BCUT2D eigenvalue weighted by Crippen LogP contribution is -2.44. The van der Waals surface area contributed by atoms with Crippen LogP contribution in [0.15, 0.2) is 0 Å². The van der Waals surface area contributed by atoms with Gasteiger partial charge in [0.15, 0.2) is 0 Å². The summed E-state index contributed by atoms with van der Waals surface area (Å²) in [5.74, 6) is -0.486. The number of hydrogen-bond donors (Lipinski definition) is 1. The van der Waals surface area contributed by atoms with Gasteiger partial charge in [0.1, 0.15) is 13.2 Å². The zero-order valence-corrected chi connectivity index (χ0v) is 10.1. The summed E-state index contributed by atoms with van der Waals surface area (Å²) in [6.07, 6.45) is -1.05. The van der Waals surface area contributed by atoms with Gasteiger partial charge in [-0.1, -0.05) is 12.8 Å². The average molecular weight is 269 g/mol. The van der Waals surface area contributed by atoms with Crippen LogP contribution in [0.2, 0.25) is 0 Å². The second kappa shape index (κ2) is 6.94. The quantitative estimate of drug-likeness (QED) is 0.837. The zero-order valence-electron chi connectivity index (χ0n) is 10.1. The lowest BCUT2D eigenvalue weighted by atomic mass is 10.1. The molecule has 18 heavy (non-hydrogen) atoms. The summed E-state index contributed by atoms with van der Waals surface area (Å²) in [5.41, 5.74) is 0. The van der Waals surface area contributed by atoms with Crippen LogP contribution < -0.4 is 0 Å². The highest BCUT2D eigenvalue weighted by atomic mass is 19.4. The number of nitrogens with zero attached hydrogens (tertiary/aromatic N) is 1. The Hall–Kier alpha value is -0.820. The summed E-state index contributed by atoms with van der Waals surface area (Å²) in [5, 5.41) is 9.18. The third-order valence-corrected chi connectivity index (χ3v) is 2.90. The zero-order chi connectivity index (χ0) is 13.6. The molecule has 1 atom stereocenters. The fourth-order valence-electron chi connectivity index (χ4n) is 2.03. The molecule has 106 valence electrons. The molecule has 1 aliphatic heterocycles. The van der Waals surface area contributed by atoms with Crippen LogP contribution in [0.25, 0.3) is 0 Å². The minimum absolute atomic E-state index is 0.162. The van der Waals surface area contributed by atoms with Crippen LogP contribution in [0.5, 0.6) is 0 Å². The van der Waals surface area contributed by atoms with Crippen molar-refractivity contribution in [2.24, 2.45) is 0 Å². The fourth-order valence-corrected chi connectivity index (χ4v) is 2.03. The number of carbonyl (C=O) groups excluding carboxylic acids is 1. The highest BCUT2D eigenvalue weighted by Crippen LogP contribution is 2.18. The van der Waals surface area contributed by atoms with E-state index >= 15 is 0 Å². The predicted molar refractivity (Wildman–Crippen MR) is 57.9 cm³/mol. The molecular formula is C11H18F3NO3. The number of likely N-dealkylation sites (tertiary alicyclic amines) is 1. The Bertz CT molecular complexity index is 271. The Balaban J connectivity index is 2.42. The number of amides is 1. The number of carbonyl (C=O) groups is 1. The molecule has 1 unspecified atom stereocenters. The number of rotatable bonds is 4. The molecule has 0 aliphatic carbocycles. The molecule has 1 amide bonds. The largest absolute Gasteiger partial charge is 0.411 e. The molecule has 0 aromatic rings. The lowest BCUT2D eigenvalue weighted by molar-refractivity contribution is -0.178. The summed E-state index contributed by atoms with van der Waals surface area (Å²) in [6.45, 7) is -1.70. The maximum atomic E-state index is 11.9. The van der Waals surface area contributed by atoms with Crippen molar-refractivity contribution in [3.63, 3.8) is 0 Å². The van der Waals surface area contributed by atoms with Crippen molar-refractivity contribution < 1.29 is 27.8 Å². The highest BCUT2D eigenvalue weighted by molar-refractivity contribution is 5.77. The number of aliphatic hydroxyl groups is 1. The highest BCUT2D eigenvalue weighted by Gasteiger charge is 2.29. The van der Waals surface area contributed by atoms with E-state index < -0.39 is 25.3 Å². The molecule has 1 saturated heterocycles. The van der Waals surface area contributed by atoms with Gasteiger partial charge in [-0.3, -0.25) is 4.79 Å². The molecule has 0 spiro atoms. The molecule has 0 radical (unpaired) electrons. The van der Waals surface area contributed by atoms with Crippen LogP contribution in [0.4, 0.5) is 13.2 Å². The molecule has 0 aromatic carbocycles. The van der Waals surface area contributed by atoms with Gasteiger partial charge in [-0.25, -0.2) is 0 Å². The molecule has 0 saturated carbocycles. The number of ether oxygens (including phenoxy) is 1. The third kappa shape index (κ3) is 5.22.